The Morgan fingerprint density at radius 2 is 2.26 bits per heavy atom. The van der Waals surface area contributed by atoms with E-state index in [1.54, 1.807) is 6.08 Å². The van der Waals surface area contributed by atoms with Crippen LogP contribution in [0.1, 0.15) is 25.0 Å². The summed E-state index contributed by atoms with van der Waals surface area (Å²) in [7, 11) is 1.34. The van der Waals surface area contributed by atoms with E-state index in [0.717, 1.165) is 16.9 Å². The van der Waals surface area contributed by atoms with Crippen molar-refractivity contribution in [2.75, 3.05) is 7.11 Å². The lowest BCUT2D eigenvalue weighted by Gasteiger charge is -2.37. The number of hydrogen-bond donors (Lipinski definition) is 1. The predicted molar refractivity (Wildman–Crippen MR) is 71.9 cm³/mol. The Kier molecular flexibility index (Phi) is 3.62. The molecule has 1 heterocycles. The minimum atomic E-state index is -0.573. The molecule has 1 aromatic carbocycles. The first-order valence-corrected chi connectivity index (χ1v) is 6.18. The lowest BCUT2D eigenvalue weighted by Crippen LogP contribution is -2.46. The molecule has 19 heavy (non-hydrogen) atoms. The van der Waals surface area contributed by atoms with E-state index < -0.39 is 17.7 Å². The summed E-state index contributed by atoms with van der Waals surface area (Å²) in [5, 5.41) is 10.0. The standard InChI is InChI=1S/C15H18O4/c1-15(2)13(16)9-11-8-10(4-6-12(11)19-15)5-7-14(17)18-3/h4-8,13,16H,9H2,1-3H3. The molecule has 1 aromatic rings. The van der Waals surface area contributed by atoms with Gasteiger partial charge in [0, 0.05) is 12.5 Å². The maximum atomic E-state index is 11.0. The Bertz CT molecular complexity index is 517. The van der Waals surface area contributed by atoms with Crippen molar-refractivity contribution in [3.8, 4) is 5.75 Å². The number of hydrogen-bond acceptors (Lipinski definition) is 4. The molecule has 4 nitrogen and oxygen atoms in total. The summed E-state index contributed by atoms with van der Waals surface area (Å²) in [4.78, 5) is 11.0. The van der Waals surface area contributed by atoms with Crippen molar-refractivity contribution in [3.63, 3.8) is 0 Å². The smallest absolute Gasteiger partial charge is 0.330 e. The average molecular weight is 262 g/mol. The maximum Gasteiger partial charge on any atom is 0.330 e. The number of carbonyl (C=O) groups is 1. The second-order valence-corrected chi connectivity index (χ2v) is 5.15. The minimum absolute atomic E-state index is 0.393. The Hall–Kier alpha value is -1.81. The number of benzene rings is 1. The molecule has 4 heteroatoms. The third-order valence-electron chi connectivity index (χ3n) is 3.29. The molecule has 0 fully saturated rings. The number of fused-ring (bicyclic) bond motifs is 1. The van der Waals surface area contributed by atoms with Crippen LogP contribution in [0.4, 0.5) is 0 Å². The van der Waals surface area contributed by atoms with Crippen LogP contribution in [0.15, 0.2) is 24.3 Å². The lowest BCUT2D eigenvalue weighted by molar-refractivity contribution is -0.134. The Morgan fingerprint density at radius 3 is 2.95 bits per heavy atom. The molecule has 1 N–H and O–H groups in total. The molecular formula is C15H18O4. The number of carbonyl (C=O) groups excluding carboxylic acids is 1. The van der Waals surface area contributed by atoms with Crippen LogP contribution in [0.3, 0.4) is 0 Å². The molecule has 1 unspecified atom stereocenters. The molecular weight excluding hydrogens is 244 g/mol. The van der Waals surface area contributed by atoms with Crippen LogP contribution in [0.25, 0.3) is 6.08 Å². The maximum absolute atomic E-state index is 11.0. The van der Waals surface area contributed by atoms with E-state index >= 15 is 0 Å². The normalized spacial score (nSPS) is 20.7. The Morgan fingerprint density at radius 1 is 1.53 bits per heavy atom. The van der Waals surface area contributed by atoms with E-state index in [2.05, 4.69) is 4.74 Å². The van der Waals surface area contributed by atoms with Gasteiger partial charge in [-0.15, -0.1) is 0 Å². The van der Waals surface area contributed by atoms with Crippen molar-refractivity contribution in [2.45, 2.75) is 32.0 Å². The highest BCUT2D eigenvalue weighted by Crippen LogP contribution is 2.33. The minimum Gasteiger partial charge on any atom is -0.485 e. The molecule has 1 atom stereocenters. The van der Waals surface area contributed by atoms with Crippen molar-refractivity contribution in [1.29, 1.82) is 0 Å². The zero-order chi connectivity index (χ0) is 14.0. The van der Waals surface area contributed by atoms with Crippen LogP contribution < -0.4 is 4.74 Å². The topological polar surface area (TPSA) is 55.8 Å². The van der Waals surface area contributed by atoms with Gasteiger partial charge < -0.3 is 14.6 Å². The third-order valence-corrected chi connectivity index (χ3v) is 3.29. The van der Waals surface area contributed by atoms with Gasteiger partial charge in [0.15, 0.2) is 0 Å². The van der Waals surface area contributed by atoms with Crippen molar-refractivity contribution in [1.82, 2.24) is 0 Å². The first-order valence-electron chi connectivity index (χ1n) is 6.18. The summed E-state index contributed by atoms with van der Waals surface area (Å²) in [6, 6.07) is 5.64. The molecule has 102 valence electrons. The summed E-state index contributed by atoms with van der Waals surface area (Å²) >= 11 is 0. The summed E-state index contributed by atoms with van der Waals surface area (Å²) in [5.41, 5.74) is 1.25. The average Bonchev–Trinajstić information content (AvgIpc) is 2.37. The van der Waals surface area contributed by atoms with Gasteiger partial charge in [0.25, 0.3) is 0 Å². The van der Waals surface area contributed by atoms with Crippen LogP contribution in [-0.2, 0) is 16.0 Å². The molecule has 0 amide bonds. The molecule has 0 bridgehead atoms. The highest BCUT2D eigenvalue weighted by molar-refractivity contribution is 5.87. The lowest BCUT2D eigenvalue weighted by atomic mass is 9.90. The van der Waals surface area contributed by atoms with Crippen molar-refractivity contribution in [2.24, 2.45) is 0 Å². The number of rotatable bonds is 2. The van der Waals surface area contributed by atoms with E-state index in [1.165, 1.54) is 13.2 Å². The molecule has 0 aromatic heterocycles. The second kappa shape index (κ2) is 5.05. The monoisotopic (exact) mass is 262 g/mol. The van der Waals surface area contributed by atoms with Crippen LogP contribution in [0.5, 0.6) is 5.75 Å². The largest absolute Gasteiger partial charge is 0.485 e. The van der Waals surface area contributed by atoms with Gasteiger partial charge in [0.2, 0.25) is 0 Å². The molecule has 0 aliphatic carbocycles. The van der Waals surface area contributed by atoms with Crippen molar-refractivity contribution >= 4 is 12.0 Å². The predicted octanol–water partition coefficient (Wildman–Crippen LogP) is 1.95. The number of aliphatic hydroxyl groups is 1. The SMILES string of the molecule is COC(=O)C=Cc1ccc2c(c1)CC(O)C(C)(C)O2. The summed E-state index contributed by atoms with van der Waals surface area (Å²) < 4.78 is 10.3. The summed E-state index contributed by atoms with van der Waals surface area (Å²) in [5.74, 6) is 0.389. The number of esters is 1. The fourth-order valence-electron chi connectivity index (χ4n) is 2.00. The first-order chi connectivity index (χ1) is 8.92. The molecule has 1 aliphatic rings. The number of ether oxygens (including phenoxy) is 2. The van der Waals surface area contributed by atoms with Gasteiger partial charge in [-0.05, 0) is 43.2 Å². The van der Waals surface area contributed by atoms with Crippen molar-refractivity contribution < 1.29 is 19.4 Å². The Labute approximate surface area is 112 Å². The van der Waals surface area contributed by atoms with Crippen LogP contribution in [-0.4, -0.2) is 29.9 Å². The zero-order valence-corrected chi connectivity index (χ0v) is 11.3. The van der Waals surface area contributed by atoms with E-state index in [-0.39, 0.29) is 0 Å². The molecule has 0 spiro atoms. The van der Waals surface area contributed by atoms with Gasteiger partial charge in [-0.25, -0.2) is 4.79 Å². The second-order valence-electron chi connectivity index (χ2n) is 5.15. The van der Waals surface area contributed by atoms with Crippen LogP contribution in [0.2, 0.25) is 0 Å². The van der Waals surface area contributed by atoms with E-state index in [0.29, 0.717) is 6.42 Å². The highest BCUT2D eigenvalue weighted by atomic mass is 16.5. The Balaban J connectivity index is 2.24. The van der Waals surface area contributed by atoms with Gasteiger partial charge in [-0.2, -0.15) is 0 Å². The van der Waals surface area contributed by atoms with Gasteiger partial charge >= 0.3 is 5.97 Å². The highest BCUT2D eigenvalue weighted by Gasteiger charge is 2.35. The quantitative estimate of drug-likeness (QED) is 0.654. The van der Waals surface area contributed by atoms with E-state index in [1.807, 2.05) is 32.0 Å². The fourth-order valence-corrected chi connectivity index (χ4v) is 2.00. The molecule has 0 saturated carbocycles. The zero-order valence-electron chi connectivity index (χ0n) is 11.3. The molecule has 0 saturated heterocycles. The van der Waals surface area contributed by atoms with Gasteiger partial charge in [-0.3, -0.25) is 0 Å². The van der Waals surface area contributed by atoms with Crippen LogP contribution in [0, 0.1) is 0 Å². The molecule has 1 aliphatic heterocycles. The van der Waals surface area contributed by atoms with E-state index in [4.69, 9.17) is 4.74 Å². The van der Waals surface area contributed by atoms with Gasteiger partial charge in [0.1, 0.15) is 11.4 Å². The molecule has 2 rings (SSSR count). The number of aliphatic hydroxyl groups excluding tert-OH is 1. The van der Waals surface area contributed by atoms with Gasteiger partial charge in [0.05, 0.1) is 13.2 Å². The van der Waals surface area contributed by atoms with Gasteiger partial charge in [-0.1, -0.05) is 6.07 Å². The molecule has 0 radical (unpaired) electrons. The van der Waals surface area contributed by atoms with Crippen LogP contribution >= 0.6 is 0 Å². The van der Waals surface area contributed by atoms with Crippen molar-refractivity contribution in [3.05, 3.63) is 35.4 Å². The first kappa shape index (κ1) is 13.6. The fraction of sp³-hybridized carbons (Fsp3) is 0.400. The summed E-state index contributed by atoms with van der Waals surface area (Å²) in [6.45, 7) is 3.73. The number of methoxy groups -OCH3 is 1. The van der Waals surface area contributed by atoms with E-state index in [9.17, 15) is 9.90 Å². The third kappa shape index (κ3) is 2.96. The summed E-state index contributed by atoms with van der Waals surface area (Å²) in [6.07, 6.45) is 3.05.